The molecule has 0 spiro atoms. The van der Waals surface area contributed by atoms with Gasteiger partial charge in [0.15, 0.2) is 0 Å². The van der Waals surface area contributed by atoms with Gasteiger partial charge in [-0.1, -0.05) is 54.3 Å². The van der Waals surface area contributed by atoms with Gasteiger partial charge in [0.25, 0.3) is 0 Å². The molecule has 1 atom stereocenters. The molecule has 0 unspecified atom stereocenters. The summed E-state index contributed by atoms with van der Waals surface area (Å²) >= 11 is 6.90. The highest BCUT2D eigenvalue weighted by atomic mass is 32.2. The highest BCUT2D eigenvalue weighted by molar-refractivity contribution is 8.23. The average molecular weight is 322 g/mol. The Hall–Kier alpha value is -1.07. The summed E-state index contributed by atoms with van der Waals surface area (Å²) in [6.45, 7) is 4.66. The van der Waals surface area contributed by atoms with Crippen LogP contribution in [0.3, 0.4) is 0 Å². The van der Waals surface area contributed by atoms with Crippen LogP contribution >= 0.6 is 24.0 Å². The molecule has 2 rings (SSSR count). The Labute approximate surface area is 136 Å². The van der Waals surface area contributed by atoms with Gasteiger partial charge in [-0.05, 0) is 31.7 Å². The molecule has 1 N–H and O–H groups in total. The number of nitrogens with zero attached hydrogens (tertiary/aromatic N) is 1. The van der Waals surface area contributed by atoms with Crippen molar-refractivity contribution in [3.8, 4) is 0 Å². The summed E-state index contributed by atoms with van der Waals surface area (Å²) < 4.78 is 0.859. The summed E-state index contributed by atoms with van der Waals surface area (Å²) in [6, 6.07) is 10.2. The van der Waals surface area contributed by atoms with Crippen LogP contribution in [0.5, 0.6) is 0 Å². The van der Waals surface area contributed by atoms with Crippen molar-refractivity contribution in [1.82, 2.24) is 10.2 Å². The first kappa shape index (κ1) is 16.3. The topological polar surface area (TPSA) is 32.3 Å². The van der Waals surface area contributed by atoms with Gasteiger partial charge in [-0.3, -0.25) is 4.79 Å². The number of benzene rings is 1. The fourth-order valence-electron chi connectivity index (χ4n) is 2.30. The summed E-state index contributed by atoms with van der Waals surface area (Å²) in [5.74, 6) is 0.0671. The van der Waals surface area contributed by atoms with Crippen LogP contribution in [-0.2, 0) is 11.2 Å². The summed E-state index contributed by atoms with van der Waals surface area (Å²) in [5.41, 5.74) is 1.24. The maximum atomic E-state index is 12.1. The Balaban J connectivity index is 1.68. The van der Waals surface area contributed by atoms with Gasteiger partial charge in [0, 0.05) is 19.6 Å². The lowest BCUT2D eigenvalue weighted by atomic mass is 10.1. The first-order valence-electron chi connectivity index (χ1n) is 7.44. The summed E-state index contributed by atoms with van der Waals surface area (Å²) in [5, 5.41) is 2.86. The number of thiocarbonyl (C=S) groups is 1. The van der Waals surface area contributed by atoms with Gasteiger partial charge in [0.2, 0.25) is 5.91 Å². The quantitative estimate of drug-likeness (QED) is 0.845. The molecule has 0 aromatic heterocycles. The number of carbonyl (C=O) groups excluding carboxylic acids is 1. The first-order valence-corrected chi connectivity index (χ1v) is 8.73. The largest absolute Gasteiger partial charge is 0.358 e. The van der Waals surface area contributed by atoms with Gasteiger partial charge in [-0.25, -0.2) is 0 Å². The van der Waals surface area contributed by atoms with E-state index in [1.807, 2.05) is 25.1 Å². The van der Waals surface area contributed by atoms with Crippen LogP contribution < -0.4 is 5.32 Å². The highest BCUT2D eigenvalue weighted by Crippen LogP contribution is 2.20. The first-order chi connectivity index (χ1) is 10.2. The van der Waals surface area contributed by atoms with E-state index in [1.165, 1.54) is 30.2 Å². The van der Waals surface area contributed by atoms with Crippen LogP contribution in [-0.4, -0.2) is 40.0 Å². The molecule has 1 saturated heterocycles. The van der Waals surface area contributed by atoms with Crippen LogP contribution in [0.1, 0.15) is 25.3 Å². The summed E-state index contributed by atoms with van der Waals surface area (Å²) in [7, 11) is 0. The zero-order valence-electron chi connectivity index (χ0n) is 12.4. The zero-order valence-corrected chi connectivity index (χ0v) is 14.0. The second-order valence-electron chi connectivity index (χ2n) is 5.25. The Morgan fingerprint density at radius 3 is 2.67 bits per heavy atom. The van der Waals surface area contributed by atoms with Gasteiger partial charge in [0.05, 0.1) is 5.25 Å². The molecule has 0 aliphatic carbocycles. The van der Waals surface area contributed by atoms with E-state index in [2.05, 4.69) is 22.3 Å². The molecule has 1 fully saturated rings. The van der Waals surface area contributed by atoms with Gasteiger partial charge in [-0.2, -0.15) is 0 Å². The van der Waals surface area contributed by atoms with E-state index in [1.54, 1.807) is 0 Å². The van der Waals surface area contributed by atoms with Gasteiger partial charge in [-0.15, -0.1) is 0 Å². The normalized spacial score (nSPS) is 15.8. The lowest BCUT2D eigenvalue weighted by Gasteiger charge is -2.20. The molecule has 0 bridgehead atoms. The standard InChI is InChI=1S/C16H22N2OS2/c1-13(21-16(20)18-11-5-6-12-18)15(19)17-10-9-14-7-3-2-4-8-14/h2-4,7-8,13H,5-6,9-12H2,1H3,(H,17,19)/t13-/m0/s1. The van der Waals surface area contributed by atoms with E-state index in [0.29, 0.717) is 6.54 Å². The van der Waals surface area contributed by atoms with E-state index in [9.17, 15) is 4.79 Å². The lowest BCUT2D eigenvalue weighted by molar-refractivity contribution is -0.120. The Morgan fingerprint density at radius 1 is 1.33 bits per heavy atom. The van der Waals surface area contributed by atoms with Crippen LogP contribution in [0.2, 0.25) is 0 Å². The molecule has 21 heavy (non-hydrogen) atoms. The number of hydrogen-bond acceptors (Lipinski definition) is 3. The van der Waals surface area contributed by atoms with Crippen molar-refractivity contribution in [1.29, 1.82) is 0 Å². The van der Waals surface area contributed by atoms with Gasteiger partial charge in [0.1, 0.15) is 4.32 Å². The number of rotatable bonds is 5. The lowest BCUT2D eigenvalue weighted by Crippen LogP contribution is -2.35. The van der Waals surface area contributed by atoms with Gasteiger partial charge >= 0.3 is 0 Å². The second-order valence-corrected chi connectivity index (χ2v) is 7.22. The molecule has 1 heterocycles. The third-order valence-corrected chi connectivity index (χ3v) is 5.14. The maximum Gasteiger partial charge on any atom is 0.233 e. The SMILES string of the molecule is C[C@H](SC(=S)N1CCCC1)C(=O)NCCc1ccccc1. The van der Waals surface area contributed by atoms with Crippen LogP contribution in [0, 0.1) is 0 Å². The molecule has 1 aliphatic heterocycles. The van der Waals surface area contributed by atoms with Crippen molar-refractivity contribution in [2.45, 2.75) is 31.4 Å². The van der Waals surface area contributed by atoms with Crippen molar-refractivity contribution < 1.29 is 4.79 Å². The molecular formula is C16H22N2OS2. The Bertz CT molecular complexity index is 472. The number of amides is 1. The maximum absolute atomic E-state index is 12.1. The van der Waals surface area contributed by atoms with E-state index in [0.717, 1.165) is 23.8 Å². The zero-order chi connectivity index (χ0) is 15.1. The number of nitrogens with one attached hydrogen (secondary N) is 1. The van der Waals surface area contributed by atoms with Crippen molar-refractivity contribution in [3.05, 3.63) is 35.9 Å². The Morgan fingerprint density at radius 2 is 2.00 bits per heavy atom. The minimum atomic E-state index is -0.131. The van der Waals surface area contributed by atoms with Crippen molar-refractivity contribution in [2.24, 2.45) is 0 Å². The average Bonchev–Trinajstić information content (AvgIpc) is 3.02. The van der Waals surface area contributed by atoms with Crippen LogP contribution in [0.25, 0.3) is 0 Å². The number of thioether (sulfide) groups is 1. The molecule has 1 aromatic rings. The third-order valence-electron chi connectivity index (χ3n) is 3.57. The number of likely N-dealkylation sites (tertiary alicyclic amines) is 1. The second kappa shape index (κ2) is 8.39. The van der Waals surface area contributed by atoms with Crippen molar-refractivity contribution >= 4 is 34.2 Å². The molecule has 114 valence electrons. The molecule has 1 aromatic carbocycles. The van der Waals surface area contributed by atoms with Gasteiger partial charge < -0.3 is 10.2 Å². The van der Waals surface area contributed by atoms with E-state index < -0.39 is 0 Å². The van der Waals surface area contributed by atoms with Crippen molar-refractivity contribution in [2.75, 3.05) is 19.6 Å². The molecular weight excluding hydrogens is 300 g/mol. The molecule has 1 amide bonds. The molecule has 0 radical (unpaired) electrons. The Kier molecular flexibility index (Phi) is 6.51. The van der Waals surface area contributed by atoms with E-state index in [4.69, 9.17) is 12.2 Å². The summed E-state index contributed by atoms with van der Waals surface area (Å²) in [6.07, 6.45) is 3.28. The van der Waals surface area contributed by atoms with Crippen LogP contribution in [0.15, 0.2) is 30.3 Å². The smallest absolute Gasteiger partial charge is 0.233 e. The fraction of sp³-hybridized carbons (Fsp3) is 0.500. The number of hydrogen-bond donors (Lipinski definition) is 1. The molecule has 3 nitrogen and oxygen atoms in total. The predicted molar refractivity (Wildman–Crippen MR) is 93.6 cm³/mol. The minimum absolute atomic E-state index is 0.0671. The van der Waals surface area contributed by atoms with E-state index in [-0.39, 0.29) is 11.2 Å². The third kappa shape index (κ3) is 5.32. The monoisotopic (exact) mass is 322 g/mol. The predicted octanol–water partition coefficient (Wildman–Crippen LogP) is 2.85. The molecule has 5 heteroatoms. The number of carbonyl (C=O) groups is 1. The van der Waals surface area contributed by atoms with Crippen LogP contribution in [0.4, 0.5) is 0 Å². The van der Waals surface area contributed by atoms with Crippen molar-refractivity contribution in [3.63, 3.8) is 0 Å². The molecule has 1 aliphatic rings. The summed E-state index contributed by atoms with van der Waals surface area (Å²) in [4.78, 5) is 14.3. The van der Waals surface area contributed by atoms with E-state index >= 15 is 0 Å². The molecule has 0 saturated carbocycles. The fourth-order valence-corrected chi connectivity index (χ4v) is 3.74. The minimum Gasteiger partial charge on any atom is -0.358 e. The highest BCUT2D eigenvalue weighted by Gasteiger charge is 2.20.